The highest BCUT2D eigenvalue weighted by atomic mass is 79.9. The summed E-state index contributed by atoms with van der Waals surface area (Å²) in [5, 5.41) is 0. The molecule has 1 nitrogen and oxygen atoms in total. The molecule has 4 saturated carbocycles. The van der Waals surface area contributed by atoms with E-state index in [1.807, 2.05) is 0 Å². The summed E-state index contributed by atoms with van der Waals surface area (Å²) in [7, 11) is 0. The van der Waals surface area contributed by atoms with E-state index in [2.05, 4.69) is 66.5 Å². The Bertz CT molecular complexity index is 657. The lowest BCUT2D eigenvalue weighted by molar-refractivity contribution is -0.140. The Hall–Kier alpha value is 0.630. The van der Waals surface area contributed by atoms with Gasteiger partial charge in [-0.2, -0.15) is 0 Å². The molecule has 0 N–H and O–H groups in total. The van der Waals surface area contributed by atoms with Crippen LogP contribution in [0, 0.1) is 52.3 Å². The zero-order valence-electron chi connectivity index (χ0n) is 20.0. The van der Waals surface area contributed by atoms with E-state index in [9.17, 15) is 4.79 Å². The maximum Gasteiger partial charge on any atom is 0.160 e. The fourth-order valence-corrected chi connectivity index (χ4v) is 10.7. The molecule has 0 aromatic heterocycles. The van der Waals surface area contributed by atoms with E-state index >= 15 is 0 Å². The predicted molar refractivity (Wildman–Crippen MR) is 134 cm³/mol. The van der Waals surface area contributed by atoms with Crippen molar-refractivity contribution in [1.82, 2.24) is 0 Å². The number of fused-ring (bicyclic) bond motifs is 5. The van der Waals surface area contributed by atoms with Crippen LogP contribution in [-0.2, 0) is 4.79 Å². The molecule has 0 heterocycles. The van der Waals surface area contributed by atoms with Crippen LogP contribution in [0.15, 0.2) is 0 Å². The Kier molecular flexibility index (Phi) is 6.69. The molecular weight excluding hydrogens is 500 g/mol. The molecule has 3 heteroatoms. The monoisotopic (exact) mass is 542 g/mol. The number of hydrogen-bond donors (Lipinski definition) is 0. The number of alkyl halides is 2. The molecule has 172 valence electrons. The maximum absolute atomic E-state index is 12.7. The van der Waals surface area contributed by atoms with Crippen LogP contribution in [0.3, 0.4) is 0 Å². The van der Waals surface area contributed by atoms with E-state index < -0.39 is 3.23 Å². The summed E-state index contributed by atoms with van der Waals surface area (Å²) in [6.07, 6.45) is 14.4. The highest BCUT2D eigenvalue weighted by molar-refractivity contribution is 9.25. The molecule has 4 fully saturated rings. The standard InChI is InChI=1S/C27H44Br2O/c1-17(2)7-6-8-18(3)21-11-12-22-20-10-9-19-15-24(30)27(28,29)16-26(19,5)23(20)13-14-25(21,22)4/h17-23H,6-16H2,1-5H3. The van der Waals surface area contributed by atoms with Crippen LogP contribution in [0.5, 0.6) is 0 Å². The molecule has 0 amide bonds. The van der Waals surface area contributed by atoms with Crippen molar-refractivity contribution in [2.45, 2.75) is 108 Å². The van der Waals surface area contributed by atoms with Gasteiger partial charge < -0.3 is 0 Å². The Morgan fingerprint density at radius 2 is 1.63 bits per heavy atom. The van der Waals surface area contributed by atoms with Crippen molar-refractivity contribution >= 4 is 37.6 Å². The maximum atomic E-state index is 12.7. The first-order chi connectivity index (χ1) is 14.0. The van der Waals surface area contributed by atoms with E-state index in [1.54, 1.807) is 0 Å². The van der Waals surface area contributed by atoms with Gasteiger partial charge in [-0.3, -0.25) is 4.79 Å². The van der Waals surface area contributed by atoms with Gasteiger partial charge in [-0.15, -0.1) is 0 Å². The van der Waals surface area contributed by atoms with Crippen LogP contribution < -0.4 is 0 Å². The number of Topliss-reactive ketones (excluding diaryl/α,β-unsaturated/α-hetero) is 1. The zero-order valence-corrected chi connectivity index (χ0v) is 23.2. The van der Waals surface area contributed by atoms with Gasteiger partial charge >= 0.3 is 0 Å². The Morgan fingerprint density at radius 1 is 0.933 bits per heavy atom. The highest BCUT2D eigenvalue weighted by Gasteiger charge is 2.63. The van der Waals surface area contributed by atoms with Crippen LogP contribution in [0.1, 0.15) is 105 Å². The fraction of sp³-hybridized carbons (Fsp3) is 0.963. The molecule has 8 unspecified atom stereocenters. The third kappa shape index (κ3) is 3.92. The van der Waals surface area contributed by atoms with Crippen molar-refractivity contribution in [1.29, 1.82) is 0 Å². The molecule has 8 atom stereocenters. The van der Waals surface area contributed by atoms with Crippen LogP contribution in [0.2, 0.25) is 0 Å². The summed E-state index contributed by atoms with van der Waals surface area (Å²) in [5.41, 5.74) is 0.873. The first-order valence-electron chi connectivity index (χ1n) is 12.9. The van der Waals surface area contributed by atoms with Crippen LogP contribution in [0.25, 0.3) is 0 Å². The van der Waals surface area contributed by atoms with E-state index in [0.29, 0.717) is 22.5 Å². The van der Waals surface area contributed by atoms with Gasteiger partial charge in [-0.25, -0.2) is 0 Å². The molecule has 0 radical (unpaired) electrons. The highest BCUT2D eigenvalue weighted by Crippen LogP contribution is 2.69. The smallest absolute Gasteiger partial charge is 0.160 e. The average molecular weight is 544 g/mol. The molecule has 30 heavy (non-hydrogen) atoms. The minimum atomic E-state index is -0.475. The van der Waals surface area contributed by atoms with Crippen molar-refractivity contribution < 1.29 is 4.79 Å². The summed E-state index contributed by atoms with van der Waals surface area (Å²) in [6, 6.07) is 0. The van der Waals surface area contributed by atoms with E-state index in [-0.39, 0.29) is 0 Å². The third-order valence-electron chi connectivity index (χ3n) is 10.7. The molecule has 0 saturated heterocycles. The number of ketones is 1. The molecule has 4 aliphatic rings. The van der Waals surface area contributed by atoms with Gasteiger partial charge in [0.2, 0.25) is 0 Å². The summed E-state index contributed by atoms with van der Waals surface area (Å²) >= 11 is 7.54. The fourth-order valence-electron chi connectivity index (χ4n) is 9.12. The van der Waals surface area contributed by atoms with Gasteiger partial charge in [-0.05, 0) is 97.2 Å². The lowest BCUT2D eigenvalue weighted by Gasteiger charge is -2.61. The van der Waals surface area contributed by atoms with Gasteiger partial charge in [-0.1, -0.05) is 85.7 Å². The summed E-state index contributed by atoms with van der Waals surface area (Å²) in [5.74, 6) is 6.26. The SMILES string of the molecule is CC(C)CCCC(C)C1CCC2C3CCC4CC(=O)C(Br)(Br)CC4(C)C3CCC12C. The predicted octanol–water partition coefficient (Wildman–Crippen LogP) is 8.77. The number of carbonyl (C=O) groups excluding carboxylic acids is 1. The van der Waals surface area contributed by atoms with Crippen LogP contribution in [-0.4, -0.2) is 9.02 Å². The molecular formula is C27H44Br2O. The zero-order chi connectivity index (χ0) is 21.9. The van der Waals surface area contributed by atoms with E-state index in [1.165, 1.54) is 57.8 Å². The molecule has 4 rings (SSSR count). The second kappa shape index (κ2) is 8.44. The molecule has 0 aromatic rings. The number of hydrogen-bond acceptors (Lipinski definition) is 1. The van der Waals surface area contributed by atoms with Crippen molar-refractivity contribution in [2.75, 3.05) is 0 Å². The first-order valence-corrected chi connectivity index (χ1v) is 14.5. The van der Waals surface area contributed by atoms with E-state index in [0.717, 1.165) is 48.3 Å². The molecule has 0 bridgehead atoms. The number of rotatable bonds is 5. The second-order valence-corrected chi connectivity index (χ2v) is 16.5. The lowest BCUT2D eigenvalue weighted by Crippen LogP contribution is -2.57. The molecule has 4 aliphatic carbocycles. The third-order valence-corrected chi connectivity index (χ3v) is 12.2. The van der Waals surface area contributed by atoms with Gasteiger partial charge in [0.05, 0.1) is 0 Å². The van der Waals surface area contributed by atoms with Crippen LogP contribution in [0.4, 0.5) is 0 Å². The molecule has 0 aromatic carbocycles. The Morgan fingerprint density at radius 3 is 2.33 bits per heavy atom. The second-order valence-electron chi connectivity index (χ2n) is 12.7. The van der Waals surface area contributed by atoms with Gasteiger partial charge in [0.25, 0.3) is 0 Å². The number of halogens is 2. The van der Waals surface area contributed by atoms with Gasteiger partial charge in [0.1, 0.15) is 3.23 Å². The number of carbonyl (C=O) groups is 1. The largest absolute Gasteiger partial charge is 0.297 e. The quantitative estimate of drug-likeness (QED) is 0.316. The van der Waals surface area contributed by atoms with Crippen molar-refractivity contribution in [3.05, 3.63) is 0 Å². The topological polar surface area (TPSA) is 17.1 Å². The summed E-state index contributed by atoms with van der Waals surface area (Å²) in [4.78, 5) is 12.7. The normalized spacial score (nSPS) is 46.3. The van der Waals surface area contributed by atoms with Gasteiger partial charge in [0.15, 0.2) is 5.78 Å². The Balaban J connectivity index is 1.50. The van der Waals surface area contributed by atoms with E-state index in [4.69, 9.17) is 0 Å². The average Bonchev–Trinajstić information content (AvgIpc) is 2.99. The van der Waals surface area contributed by atoms with Crippen LogP contribution >= 0.6 is 31.9 Å². The van der Waals surface area contributed by atoms with Crippen molar-refractivity contribution in [3.8, 4) is 0 Å². The Labute approximate surface area is 202 Å². The van der Waals surface area contributed by atoms with Crippen molar-refractivity contribution in [2.24, 2.45) is 52.3 Å². The van der Waals surface area contributed by atoms with Gasteiger partial charge in [0, 0.05) is 6.42 Å². The lowest BCUT2D eigenvalue weighted by atomic mass is 9.44. The minimum absolute atomic E-state index is 0.312. The summed E-state index contributed by atoms with van der Waals surface area (Å²) in [6.45, 7) is 12.5. The minimum Gasteiger partial charge on any atom is -0.297 e. The first kappa shape index (κ1) is 23.8. The molecule has 0 spiro atoms. The summed E-state index contributed by atoms with van der Waals surface area (Å²) < 4.78 is -0.475. The van der Waals surface area contributed by atoms with Crippen molar-refractivity contribution in [3.63, 3.8) is 0 Å². The molecule has 0 aliphatic heterocycles.